The minimum absolute atomic E-state index is 0.899. The summed E-state index contributed by atoms with van der Waals surface area (Å²) < 4.78 is 0. The highest BCUT2D eigenvalue weighted by molar-refractivity contribution is 4.50. The Kier molecular flexibility index (Phi) is 9.55. The van der Waals surface area contributed by atoms with Crippen LogP contribution in [0.2, 0.25) is 0 Å². The van der Waals surface area contributed by atoms with Crippen molar-refractivity contribution in [3.05, 3.63) is 0 Å². The lowest BCUT2D eigenvalue weighted by atomic mass is 10.0. The molecule has 0 aliphatic rings. The van der Waals surface area contributed by atoms with Gasteiger partial charge in [-0.3, -0.25) is 0 Å². The van der Waals surface area contributed by atoms with Crippen LogP contribution in [0.15, 0.2) is 0 Å². The topological polar surface area (TPSA) is 0 Å². The number of rotatable bonds is 9. The molecule has 0 saturated heterocycles. The van der Waals surface area contributed by atoms with Crippen molar-refractivity contribution in [3.63, 3.8) is 0 Å². The first-order chi connectivity index (χ1) is 6.63. The summed E-state index contributed by atoms with van der Waals surface area (Å²) in [6.45, 7) is 9.29. The maximum Gasteiger partial charge on any atom is -0.0471 e. The zero-order valence-corrected chi connectivity index (χ0v) is 10.8. The molecule has 14 heavy (non-hydrogen) atoms. The van der Waals surface area contributed by atoms with Crippen molar-refractivity contribution in [1.29, 1.82) is 0 Å². The third-order valence-corrected chi connectivity index (χ3v) is 2.81. The molecule has 0 fully saturated rings. The van der Waals surface area contributed by atoms with Gasteiger partial charge in [-0.1, -0.05) is 79.1 Å². The van der Waals surface area contributed by atoms with Crippen molar-refractivity contribution in [1.82, 2.24) is 0 Å². The zero-order chi connectivity index (χ0) is 10.8. The van der Waals surface area contributed by atoms with Crippen LogP contribution in [0.4, 0.5) is 0 Å². The predicted molar refractivity (Wildman–Crippen MR) is 66.6 cm³/mol. The maximum atomic E-state index is 2.32. The summed E-state index contributed by atoms with van der Waals surface area (Å²) in [5.41, 5.74) is 0. The molecule has 0 unspecified atom stereocenters. The molecule has 0 aromatic rings. The third-order valence-electron chi connectivity index (χ3n) is 2.81. The largest absolute Gasteiger partial charge is 0.0628 e. The van der Waals surface area contributed by atoms with E-state index in [0.717, 1.165) is 11.8 Å². The molecule has 0 aromatic heterocycles. The lowest BCUT2D eigenvalue weighted by Crippen LogP contribution is -1.89. The standard InChI is InChI=1S/C14H30/c1-13(2)11-9-7-5-6-8-10-12-14(3)4/h13-14H,5-12H2,1-4H3. The van der Waals surface area contributed by atoms with Crippen molar-refractivity contribution in [3.8, 4) is 0 Å². The fourth-order valence-electron chi connectivity index (χ4n) is 1.81. The summed E-state index contributed by atoms with van der Waals surface area (Å²) in [5.74, 6) is 1.80. The third kappa shape index (κ3) is 12.0. The molecule has 86 valence electrons. The molecule has 0 radical (unpaired) electrons. The Hall–Kier alpha value is 0. The first-order valence-electron chi connectivity index (χ1n) is 6.63. The molecule has 0 nitrogen and oxygen atoms in total. The van der Waals surface area contributed by atoms with Crippen LogP contribution in [0.1, 0.15) is 79.1 Å². The average molecular weight is 198 g/mol. The van der Waals surface area contributed by atoms with E-state index in [4.69, 9.17) is 0 Å². The molecule has 0 aliphatic heterocycles. The van der Waals surface area contributed by atoms with Crippen LogP contribution >= 0.6 is 0 Å². The maximum absolute atomic E-state index is 2.32. The number of hydrogen-bond donors (Lipinski definition) is 0. The molecule has 0 heterocycles. The summed E-state index contributed by atoms with van der Waals surface area (Å²) in [6, 6.07) is 0. The highest BCUT2D eigenvalue weighted by Crippen LogP contribution is 2.13. The summed E-state index contributed by atoms with van der Waals surface area (Å²) in [6.07, 6.45) is 11.6. The van der Waals surface area contributed by atoms with E-state index < -0.39 is 0 Å². The predicted octanol–water partition coefficient (Wildman–Crippen LogP) is 5.42. The van der Waals surface area contributed by atoms with Gasteiger partial charge in [-0.2, -0.15) is 0 Å². The van der Waals surface area contributed by atoms with Gasteiger partial charge in [0.2, 0.25) is 0 Å². The quantitative estimate of drug-likeness (QED) is 0.434. The molecule has 0 amide bonds. The molecule has 0 spiro atoms. The molecule has 0 aromatic carbocycles. The van der Waals surface area contributed by atoms with E-state index in [1.54, 1.807) is 0 Å². The molecule has 0 rings (SSSR count). The molecular formula is C14H30. The number of unbranched alkanes of at least 4 members (excludes halogenated alkanes) is 5. The second-order valence-corrected chi connectivity index (χ2v) is 5.49. The first kappa shape index (κ1) is 14.0. The molecule has 0 heteroatoms. The molecule has 0 atom stereocenters. The van der Waals surface area contributed by atoms with Gasteiger partial charge in [0, 0.05) is 0 Å². The van der Waals surface area contributed by atoms with E-state index in [2.05, 4.69) is 27.7 Å². The van der Waals surface area contributed by atoms with Crippen LogP contribution in [-0.2, 0) is 0 Å². The van der Waals surface area contributed by atoms with Gasteiger partial charge in [0.15, 0.2) is 0 Å². The second-order valence-electron chi connectivity index (χ2n) is 5.49. The van der Waals surface area contributed by atoms with Crippen molar-refractivity contribution in [2.24, 2.45) is 11.8 Å². The van der Waals surface area contributed by atoms with E-state index in [-0.39, 0.29) is 0 Å². The highest BCUT2D eigenvalue weighted by atomic mass is 14.0. The van der Waals surface area contributed by atoms with Crippen molar-refractivity contribution in [2.75, 3.05) is 0 Å². The molecule has 0 saturated carbocycles. The monoisotopic (exact) mass is 198 g/mol. The van der Waals surface area contributed by atoms with E-state index in [9.17, 15) is 0 Å². The van der Waals surface area contributed by atoms with Crippen LogP contribution < -0.4 is 0 Å². The molecular weight excluding hydrogens is 168 g/mol. The fraction of sp³-hybridized carbons (Fsp3) is 1.00. The van der Waals surface area contributed by atoms with Gasteiger partial charge in [0.1, 0.15) is 0 Å². The van der Waals surface area contributed by atoms with Gasteiger partial charge in [-0.15, -0.1) is 0 Å². The normalized spacial score (nSPS) is 11.6. The van der Waals surface area contributed by atoms with E-state index in [0.29, 0.717) is 0 Å². The van der Waals surface area contributed by atoms with E-state index >= 15 is 0 Å². The van der Waals surface area contributed by atoms with Gasteiger partial charge >= 0.3 is 0 Å². The smallest absolute Gasteiger partial charge is 0.0471 e. The lowest BCUT2D eigenvalue weighted by molar-refractivity contribution is 0.490. The van der Waals surface area contributed by atoms with Gasteiger partial charge in [0.05, 0.1) is 0 Å². The Morgan fingerprint density at radius 3 is 1.07 bits per heavy atom. The van der Waals surface area contributed by atoms with Gasteiger partial charge in [-0.05, 0) is 11.8 Å². The fourth-order valence-corrected chi connectivity index (χ4v) is 1.81. The van der Waals surface area contributed by atoms with Crippen molar-refractivity contribution >= 4 is 0 Å². The Morgan fingerprint density at radius 2 is 0.786 bits per heavy atom. The van der Waals surface area contributed by atoms with Crippen LogP contribution in [-0.4, -0.2) is 0 Å². The molecule has 0 bridgehead atoms. The summed E-state index contributed by atoms with van der Waals surface area (Å²) in [4.78, 5) is 0. The van der Waals surface area contributed by atoms with Gasteiger partial charge in [-0.25, -0.2) is 0 Å². The lowest BCUT2D eigenvalue weighted by Gasteiger charge is -2.05. The van der Waals surface area contributed by atoms with E-state index in [1.807, 2.05) is 0 Å². The first-order valence-corrected chi connectivity index (χ1v) is 6.63. The van der Waals surface area contributed by atoms with E-state index in [1.165, 1.54) is 51.4 Å². The Balaban J connectivity index is 2.92. The van der Waals surface area contributed by atoms with Crippen molar-refractivity contribution in [2.45, 2.75) is 79.1 Å². The summed E-state index contributed by atoms with van der Waals surface area (Å²) >= 11 is 0. The summed E-state index contributed by atoms with van der Waals surface area (Å²) in [7, 11) is 0. The molecule has 0 N–H and O–H groups in total. The van der Waals surface area contributed by atoms with Crippen molar-refractivity contribution < 1.29 is 0 Å². The Labute approximate surface area is 91.5 Å². The summed E-state index contributed by atoms with van der Waals surface area (Å²) in [5, 5.41) is 0. The van der Waals surface area contributed by atoms with Crippen LogP contribution in [0, 0.1) is 11.8 Å². The van der Waals surface area contributed by atoms with Gasteiger partial charge in [0.25, 0.3) is 0 Å². The Bertz CT molecular complexity index is 88.6. The molecule has 0 aliphatic carbocycles. The zero-order valence-electron chi connectivity index (χ0n) is 10.8. The highest BCUT2D eigenvalue weighted by Gasteiger charge is 1.96. The number of hydrogen-bond acceptors (Lipinski definition) is 0. The SMILES string of the molecule is CC(C)CCCCCCCCC(C)C. The minimum atomic E-state index is 0.899. The average Bonchev–Trinajstić information content (AvgIpc) is 2.08. The minimum Gasteiger partial charge on any atom is -0.0628 e. The van der Waals surface area contributed by atoms with Crippen LogP contribution in [0.3, 0.4) is 0 Å². The Morgan fingerprint density at radius 1 is 0.500 bits per heavy atom. The second kappa shape index (κ2) is 9.55. The van der Waals surface area contributed by atoms with Gasteiger partial charge < -0.3 is 0 Å². The van der Waals surface area contributed by atoms with Crippen LogP contribution in [0.5, 0.6) is 0 Å². The van der Waals surface area contributed by atoms with Crippen LogP contribution in [0.25, 0.3) is 0 Å².